The smallest absolute Gasteiger partial charge is 0.268 e. The van der Waals surface area contributed by atoms with Crippen LogP contribution in [0.15, 0.2) is 72.9 Å². The number of aliphatic hydroxyl groups excluding tert-OH is 1. The molecule has 1 aliphatic rings. The van der Waals surface area contributed by atoms with Crippen LogP contribution in [0.1, 0.15) is 136 Å². The lowest BCUT2D eigenvalue weighted by atomic mass is 10.1. The molecule has 0 spiro atoms. The summed E-state index contributed by atoms with van der Waals surface area (Å²) in [7, 11) is 1.19. The topological polar surface area (TPSA) is 120 Å². The lowest BCUT2D eigenvalue weighted by Crippen LogP contribution is -2.45. The summed E-state index contributed by atoms with van der Waals surface area (Å²) in [4.78, 5) is 25.2. The lowest BCUT2D eigenvalue weighted by Gasteiger charge is -2.29. The van der Waals surface area contributed by atoms with Crippen LogP contribution in [-0.2, 0) is 23.1 Å². The van der Waals surface area contributed by atoms with Crippen LogP contribution < -0.4 is 10.2 Å². The zero-order valence-electron chi connectivity index (χ0n) is 34.6. The number of quaternary nitrogens is 1. The van der Waals surface area contributed by atoms with Crippen molar-refractivity contribution in [1.82, 2.24) is 5.32 Å². The molecular weight excluding hydrogens is 699 g/mol. The Hall–Kier alpha value is -2.10. The van der Waals surface area contributed by atoms with E-state index >= 15 is 0 Å². The maximum atomic E-state index is 12.8. The third kappa shape index (κ3) is 31.1. The molecule has 0 bridgehead atoms. The highest BCUT2D eigenvalue weighted by Gasteiger charge is 2.35. The van der Waals surface area contributed by atoms with Crippen molar-refractivity contribution in [2.75, 3.05) is 40.9 Å². The number of carbonyl (C=O) groups excluding carboxylic acids is 1. The predicted molar refractivity (Wildman–Crippen MR) is 223 cm³/mol. The van der Waals surface area contributed by atoms with E-state index < -0.39 is 26.6 Å². The van der Waals surface area contributed by atoms with Crippen LogP contribution in [0.25, 0.3) is 0 Å². The van der Waals surface area contributed by atoms with E-state index in [9.17, 15) is 19.4 Å². The summed E-state index contributed by atoms with van der Waals surface area (Å²) in [5, 5.41) is 13.7. The van der Waals surface area contributed by atoms with Gasteiger partial charge in [-0.15, -0.1) is 0 Å². The Kier molecular flexibility index (Phi) is 29.6. The molecule has 10 heteroatoms. The van der Waals surface area contributed by atoms with Crippen LogP contribution >= 0.6 is 7.82 Å². The van der Waals surface area contributed by atoms with Gasteiger partial charge in [0.05, 0.1) is 52.1 Å². The number of epoxide rings is 1. The summed E-state index contributed by atoms with van der Waals surface area (Å²) in [5.41, 5.74) is 0. The number of likely N-dealkylation sites (N-methyl/N-ethyl adjacent to an activating group) is 1. The molecule has 5 atom stereocenters. The van der Waals surface area contributed by atoms with Crippen molar-refractivity contribution in [2.24, 2.45) is 0 Å². The molecule has 1 aliphatic heterocycles. The van der Waals surface area contributed by atoms with Crippen molar-refractivity contribution in [1.29, 1.82) is 0 Å². The molecule has 1 rings (SSSR count). The number of nitrogens with one attached hydrogen (secondary N) is 1. The van der Waals surface area contributed by atoms with E-state index in [1.165, 1.54) is 51.4 Å². The lowest BCUT2D eigenvalue weighted by molar-refractivity contribution is -0.870. The first kappa shape index (κ1) is 49.9. The highest BCUT2D eigenvalue weighted by Crippen LogP contribution is 2.38. The maximum Gasteiger partial charge on any atom is 0.268 e. The van der Waals surface area contributed by atoms with E-state index in [1.54, 1.807) is 6.08 Å². The van der Waals surface area contributed by atoms with Crippen LogP contribution in [0.2, 0.25) is 0 Å². The van der Waals surface area contributed by atoms with Crippen LogP contribution in [-0.4, -0.2) is 80.8 Å². The number of ether oxygens (including phenoxy) is 1. The molecule has 1 amide bonds. The average Bonchev–Trinajstić information content (AvgIpc) is 3.87. The number of phosphoric acid groups is 1. The Morgan fingerprint density at radius 1 is 0.759 bits per heavy atom. The fourth-order valence-electron chi connectivity index (χ4n) is 5.63. The summed E-state index contributed by atoms with van der Waals surface area (Å²) in [6, 6.07) is -0.932. The number of rotatable bonds is 35. The van der Waals surface area contributed by atoms with Gasteiger partial charge >= 0.3 is 0 Å². The monoisotopic (exact) mass is 777 g/mol. The molecule has 1 saturated heterocycles. The molecule has 0 saturated carbocycles. The number of nitrogens with zero attached hydrogens (tertiary/aromatic N) is 1. The summed E-state index contributed by atoms with van der Waals surface area (Å²) in [5.74, 6) is -0.287. The van der Waals surface area contributed by atoms with Gasteiger partial charge in [-0.1, -0.05) is 145 Å². The molecule has 0 aliphatic carbocycles. The largest absolute Gasteiger partial charge is 0.756 e. The van der Waals surface area contributed by atoms with Crippen molar-refractivity contribution >= 4 is 13.7 Å². The summed E-state index contributed by atoms with van der Waals surface area (Å²) in [6.45, 7) is 4.42. The van der Waals surface area contributed by atoms with Crippen molar-refractivity contribution < 1.29 is 37.6 Å². The summed E-state index contributed by atoms with van der Waals surface area (Å²) >= 11 is 0. The maximum absolute atomic E-state index is 12.8. The number of hydrogen-bond acceptors (Lipinski definition) is 7. The van der Waals surface area contributed by atoms with E-state index in [1.807, 2.05) is 39.4 Å². The quantitative estimate of drug-likeness (QED) is 0.0216. The van der Waals surface area contributed by atoms with Gasteiger partial charge in [-0.25, -0.2) is 0 Å². The Morgan fingerprint density at radius 2 is 1.30 bits per heavy atom. The predicted octanol–water partition coefficient (Wildman–Crippen LogP) is 9.60. The Morgan fingerprint density at radius 3 is 1.87 bits per heavy atom. The van der Waals surface area contributed by atoms with Gasteiger partial charge in [-0.3, -0.25) is 9.36 Å². The fourth-order valence-corrected chi connectivity index (χ4v) is 6.35. The summed E-state index contributed by atoms with van der Waals surface area (Å²) < 4.78 is 28.8. The second-order valence-corrected chi connectivity index (χ2v) is 16.8. The van der Waals surface area contributed by atoms with Crippen molar-refractivity contribution in [3.05, 3.63) is 72.9 Å². The first-order valence-corrected chi connectivity index (χ1v) is 22.4. The van der Waals surface area contributed by atoms with Crippen molar-refractivity contribution in [2.45, 2.75) is 160 Å². The molecule has 1 fully saturated rings. The van der Waals surface area contributed by atoms with Gasteiger partial charge in [-0.2, -0.15) is 0 Å². The number of carbonyl (C=O) groups is 1. The molecule has 9 nitrogen and oxygen atoms in total. The number of phosphoric ester groups is 1. The van der Waals surface area contributed by atoms with Gasteiger partial charge in [0.1, 0.15) is 13.2 Å². The Balaban J connectivity index is 2.39. The van der Waals surface area contributed by atoms with Crippen LogP contribution in [0.4, 0.5) is 0 Å². The molecule has 1 heterocycles. The second-order valence-electron chi connectivity index (χ2n) is 15.3. The zero-order valence-corrected chi connectivity index (χ0v) is 35.5. The van der Waals surface area contributed by atoms with Crippen molar-refractivity contribution in [3.63, 3.8) is 0 Å². The van der Waals surface area contributed by atoms with Gasteiger partial charge in [0, 0.05) is 6.42 Å². The molecule has 3 unspecified atom stereocenters. The summed E-state index contributed by atoms with van der Waals surface area (Å²) in [6.07, 6.45) is 44.3. The SMILES string of the molecule is CC/C=C\CC1OC1C/C=C\C/C=C\C/C=C\C/C=C\CCC(=O)N[C@@H](COP(=O)([O-])OCC[N+](C)(C)C)[C@H](O)/C=C/CCCCCCCCCCCC. The third-order valence-corrected chi connectivity index (χ3v) is 10.1. The first-order valence-electron chi connectivity index (χ1n) is 20.9. The molecule has 0 aromatic rings. The van der Waals surface area contributed by atoms with Gasteiger partial charge in [0.2, 0.25) is 5.91 Å². The normalized spacial score (nSPS) is 18.9. The number of amides is 1. The molecule has 0 aromatic carbocycles. The van der Waals surface area contributed by atoms with Gasteiger partial charge in [0.15, 0.2) is 0 Å². The highest BCUT2D eigenvalue weighted by atomic mass is 31.2. The van der Waals surface area contributed by atoms with Crippen LogP contribution in [0.5, 0.6) is 0 Å². The zero-order chi connectivity index (χ0) is 39.8. The molecule has 54 heavy (non-hydrogen) atoms. The fraction of sp³-hybridized carbons (Fsp3) is 0.705. The minimum Gasteiger partial charge on any atom is -0.756 e. The minimum absolute atomic E-state index is 0.0203. The first-order chi connectivity index (χ1) is 26.0. The molecule has 310 valence electrons. The molecule has 2 N–H and O–H groups in total. The van der Waals surface area contributed by atoms with E-state index in [2.05, 4.69) is 67.8 Å². The van der Waals surface area contributed by atoms with E-state index in [-0.39, 0.29) is 18.9 Å². The van der Waals surface area contributed by atoms with Crippen LogP contribution in [0, 0.1) is 0 Å². The molecule has 0 radical (unpaired) electrons. The van der Waals surface area contributed by atoms with E-state index in [4.69, 9.17) is 13.8 Å². The Bertz CT molecular complexity index is 1170. The molecular formula is C44H77N2O7P. The molecule has 0 aromatic heterocycles. The van der Waals surface area contributed by atoms with E-state index in [0.29, 0.717) is 29.7 Å². The van der Waals surface area contributed by atoms with E-state index in [0.717, 1.165) is 57.8 Å². The van der Waals surface area contributed by atoms with Crippen LogP contribution in [0.3, 0.4) is 0 Å². The van der Waals surface area contributed by atoms with Gasteiger partial charge in [0.25, 0.3) is 7.82 Å². The number of hydrogen-bond donors (Lipinski definition) is 2. The second kappa shape index (κ2) is 32.0. The minimum atomic E-state index is -4.61. The number of aliphatic hydroxyl groups is 1. The standard InChI is InChI=1S/C44H77N2O7P/c1-6-8-10-11-12-13-14-17-20-23-26-30-33-41(47)40(39-52-54(49,50)51-38-37-46(3,4)5)45-44(48)36-32-28-25-22-19-16-15-18-21-24-27-31-35-43-42(53-43)34-29-9-7-2/h9,16,18-19,21,25,27-31,33,40-43,47H,6-8,10-15,17,20,22-24,26,32,34-39H2,1-5H3,(H-,45,48,49,50)/b19-16-,21-18-,28-25-,29-9-,31-27-,33-30+/t40-,41+,42?,43?/m0/s1. The van der Waals surface area contributed by atoms with Crippen molar-refractivity contribution in [3.8, 4) is 0 Å². The third-order valence-electron chi connectivity index (χ3n) is 9.09. The van der Waals surface area contributed by atoms with Gasteiger partial charge in [-0.05, 0) is 57.8 Å². The highest BCUT2D eigenvalue weighted by molar-refractivity contribution is 7.45. The number of unbranched alkanes of at least 4 members (excludes halogenated alkanes) is 10. The average molecular weight is 777 g/mol. The number of allylic oxidation sites excluding steroid dienone is 9. The Labute approximate surface area is 329 Å². The van der Waals surface area contributed by atoms with Gasteiger partial charge < -0.3 is 33.6 Å².